The molecular formula is C17H23NO2. The standard InChI is InChI=1S/C17H23NO2/c1-15-6-12-7-16(2,9-15)11-17(8-12,10-15)18-14(19)13-4-3-5-20-13/h3-5,12H,6-11H2,1-2H3,(H,18,19)/t12?,15-,16+,17?. The van der Waals surface area contributed by atoms with Crippen LogP contribution in [0.25, 0.3) is 0 Å². The van der Waals surface area contributed by atoms with Crippen LogP contribution < -0.4 is 5.32 Å². The first-order valence-electron chi connectivity index (χ1n) is 7.76. The van der Waals surface area contributed by atoms with E-state index in [-0.39, 0.29) is 11.4 Å². The van der Waals surface area contributed by atoms with E-state index in [1.165, 1.54) is 19.3 Å². The first-order chi connectivity index (χ1) is 9.40. The van der Waals surface area contributed by atoms with Crippen LogP contribution in [0.1, 0.15) is 62.9 Å². The lowest BCUT2D eigenvalue weighted by molar-refractivity contribution is -0.114. The van der Waals surface area contributed by atoms with E-state index in [1.807, 2.05) is 0 Å². The number of rotatable bonds is 2. The lowest BCUT2D eigenvalue weighted by Crippen LogP contribution is -2.65. The van der Waals surface area contributed by atoms with Crippen molar-refractivity contribution in [2.24, 2.45) is 16.7 Å². The molecule has 4 fully saturated rings. The van der Waals surface area contributed by atoms with E-state index in [4.69, 9.17) is 4.42 Å². The van der Waals surface area contributed by atoms with Crippen molar-refractivity contribution in [2.75, 3.05) is 0 Å². The number of carbonyl (C=O) groups excluding carboxylic acids is 1. The van der Waals surface area contributed by atoms with Crippen molar-refractivity contribution in [3.63, 3.8) is 0 Å². The zero-order valence-corrected chi connectivity index (χ0v) is 12.4. The van der Waals surface area contributed by atoms with Gasteiger partial charge in [-0.25, -0.2) is 0 Å². The maximum Gasteiger partial charge on any atom is 0.287 e. The average Bonchev–Trinajstić information content (AvgIpc) is 2.75. The molecule has 0 aliphatic heterocycles. The summed E-state index contributed by atoms with van der Waals surface area (Å²) in [5.41, 5.74) is 0.849. The summed E-state index contributed by atoms with van der Waals surface area (Å²) >= 11 is 0. The molecule has 4 atom stereocenters. The number of amides is 1. The molecule has 4 bridgehead atoms. The predicted molar refractivity (Wildman–Crippen MR) is 76.3 cm³/mol. The molecule has 0 aromatic carbocycles. The van der Waals surface area contributed by atoms with Crippen LogP contribution in [0, 0.1) is 16.7 Å². The molecule has 1 aromatic rings. The number of carbonyl (C=O) groups is 1. The van der Waals surface area contributed by atoms with Gasteiger partial charge >= 0.3 is 0 Å². The molecule has 5 rings (SSSR count). The Morgan fingerprint density at radius 2 is 1.90 bits per heavy atom. The Bertz CT molecular complexity index is 529. The van der Waals surface area contributed by atoms with Crippen molar-refractivity contribution in [2.45, 2.75) is 57.9 Å². The van der Waals surface area contributed by atoms with E-state index in [2.05, 4.69) is 19.2 Å². The summed E-state index contributed by atoms with van der Waals surface area (Å²) in [5.74, 6) is 1.19. The highest BCUT2D eigenvalue weighted by Gasteiger charge is 2.60. The number of hydrogen-bond acceptors (Lipinski definition) is 2. The second kappa shape index (κ2) is 3.69. The molecule has 1 amide bonds. The first-order valence-corrected chi connectivity index (χ1v) is 7.76. The van der Waals surface area contributed by atoms with Crippen LogP contribution in [0.15, 0.2) is 22.8 Å². The van der Waals surface area contributed by atoms with Gasteiger partial charge in [0.15, 0.2) is 5.76 Å². The molecule has 0 saturated heterocycles. The number of nitrogens with one attached hydrogen (secondary N) is 1. The van der Waals surface area contributed by atoms with Crippen molar-refractivity contribution in [3.8, 4) is 0 Å². The minimum absolute atomic E-state index is 0.00674. The number of hydrogen-bond donors (Lipinski definition) is 1. The third-order valence-corrected chi connectivity index (χ3v) is 5.75. The maximum atomic E-state index is 12.4. The zero-order chi connectivity index (χ0) is 14.0. The van der Waals surface area contributed by atoms with Crippen LogP contribution in [0.5, 0.6) is 0 Å². The topological polar surface area (TPSA) is 42.2 Å². The lowest BCUT2D eigenvalue weighted by Gasteiger charge is -2.65. The minimum Gasteiger partial charge on any atom is -0.459 e. The summed E-state index contributed by atoms with van der Waals surface area (Å²) in [6, 6.07) is 3.52. The largest absolute Gasteiger partial charge is 0.459 e. The van der Waals surface area contributed by atoms with E-state index in [1.54, 1.807) is 18.4 Å². The normalized spacial score (nSPS) is 45.6. The fourth-order valence-corrected chi connectivity index (χ4v) is 6.30. The van der Waals surface area contributed by atoms with E-state index in [9.17, 15) is 4.79 Å². The summed E-state index contributed by atoms with van der Waals surface area (Å²) in [5, 5.41) is 3.34. The summed E-state index contributed by atoms with van der Waals surface area (Å²) in [6.45, 7) is 4.84. The van der Waals surface area contributed by atoms with Crippen molar-refractivity contribution in [1.82, 2.24) is 5.32 Å². The van der Waals surface area contributed by atoms with Gasteiger partial charge in [0, 0.05) is 5.54 Å². The second-order valence-corrected chi connectivity index (χ2v) is 8.34. The molecule has 3 nitrogen and oxygen atoms in total. The van der Waals surface area contributed by atoms with Crippen LogP contribution in [-0.4, -0.2) is 11.4 Å². The molecule has 1 aromatic heterocycles. The van der Waals surface area contributed by atoms with E-state index in [0.717, 1.165) is 25.2 Å². The van der Waals surface area contributed by atoms with Gasteiger partial charge in [0.25, 0.3) is 5.91 Å². The summed E-state index contributed by atoms with van der Waals surface area (Å²) < 4.78 is 5.25. The molecule has 20 heavy (non-hydrogen) atoms. The Morgan fingerprint density at radius 3 is 2.45 bits per heavy atom. The lowest BCUT2D eigenvalue weighted by atomic mass is 9.43. The molecule has 1 heterocycles. The van der Waals surface area contributed by atoms with Gasteiger partial charge in [-0.2, -0.15) is 0 Å². The van der Waals surface area contributed by atoms with Crippen molar-refractivity contribution in [3.05, 3.63) is 24.2 Å². The van der Waals surface area contributed by atoms with Crippen LogP contribution in [0.2, 0.25) is 0 Å². The fraction of sp³-hybridized carbons (Fsp3) is 0.706. The quantitative estimate of drug-likeness (QED) is 0.891. The molecule has 4 aliphatic rings. The Morgan fingerprint density at radius 1 is 1.20 bits per heavy atom. The SMILES string of the molecule is C[C@]12CC3CC(NC(=O)c4ccco4)(C1)C[C@@](C)(C3)C2. The van der Waals surface area contributed by atoms with Gasteiger partial charge < -0.3 is 9.73 Å². The molecular weight excluding hydrogens is 250 g/mol. The molecule has 108 valence electrons. The van der Waals surface area contributed by atoms with Crippen LogP contribution in [-0.2, 0) is 0 Å². The van der Waals surface area contributed by atoms with Gasteiger partial charge in [-0.1, -0.05) is 13.8 Å². The average molecular weight is 273 g/mol. The Balaban J connectivity index is 1.63. The first kappa shape index (κ1) is 12.5. The Labute approximate surface area is 120 Å². The third kappa shape index (κ3) is 1.82. The molecule has 0 spiro atoms. The van der Waals surface area contributed by atoms with Crippen LogP contribution >= 0.6 is 0 Å². The Kier molecular flexibility index (Phi) is 2.30. The summed E-state index contributed by atoms with van der Waals surface area (Å²) in [4.78, 5) is 12.4. The molecule has 4 saturated carbocycles. The maximum absolute atomic E-state index is 12.4. The summed E-state index contributed by atoms with van der Waals surface area (Å²) in [6.07, 6.45) is 9.02. The fourth-order valence-electron chi connectivity index (χ4n) is 6.30. The number of furan rings is 1. The smallest absolute Gasteiger partial charge is 0.287 e. The van der Waals surface area contributed by atoms with E-state index >= 15 is 0 Å². The van der Waals surface area contributed by atoms with Gasteiger partial charge in [-0.15, -0.1) is 0 Å². The second-order valence-electron chi connectivity index (χ2n) is 8.34. The highest BCUT2D eigenvalue weighted by Crippen LogP contribution is 2.66. The van der Waals surface area contributed by atoms with Crippen molar-refractivity contribution >= 4 is 5.91 Å². The van der Waals surface area contributed by atoms with Crippen molar-refractivity contribution in [1.29, 1.82) is 0 Å². The van der Waals surface area contributed by atoms with Crippen molar-refractivity contribution < 1.29 is 9.21 Å². The van der Waals surface area contributed by atoms with Gasteiger partial charge in [-0.3, -0.25) is 4.79 Å². The van der Waals surface area contributed by atoms with Crippen LogP contribution in [0.4, 0.5) is 0 Å². The van der Waals surface area contributed by atoms with Gasteiger partial charge in [0.2, 0.25) is 0 Å². The van der Waals surface area contributed by atoms with Gasteiger partial charge in [0.05, 0.1) is 6.26 Å². The Hall–Kier alpha value is -1.25. The zero-order valence-electron chi connectivity index (χ0n) is 12.4. The highest BCUT2D eigenvalue weighted by molar-refractivity contribution is 5.92. The summed E-state index contributed by atoms with van der Waals surface area (Å²) in [7, 11) is 0. The molecule has 4 aliphatic carbocycles. The van der Waals surface area contributed by atoms with Gasteiger partial charge in [-0.05, 0) is 67.4 Å². The minimum atomic E-state index is -0.0378. The van der Waals surface area contributed by atoms with E-state index in [0.29, 0.717) is 16.6 Å². The molecule has 1 N–H and O–H groups in total. The molecule has 0 radical (unpaired) electrons. The predicted octanol–water partition coefficient (Wildman–Crippen LogP) is 3.76. The third-order valence-electron chi connectivity index (χ3n) is 5.75. The molecule has 3 heteroatoms. The highest BCUT2D eigenvalue weighted by atomic mass is 16.3. The molecule has 2 unspecified atom stereocenters. The monoisotopic (exact) mass is 273 g/mol. The van der Waals surface area contributed by atoms with Crippen LogP contribution in [0.3, 0.4) is 0 Å². The van der Waals surface area contributed by atoms with E-state index < -0.39 is 0 Å². The van der Waals surface area contributed by atoms with Gasteiger partial charge in [0.1, 0.15) is 0 Å².